The van der Waals surface area contributed by atoms with Crippen molar-refractivity contribution in [3.63, 3.8) is 0 Å². The molecule has 0 fully saturated rings. The molecular weight excluding hydrogens is 246 g/mol. The summed E-state index contributed by atoms with van der Waals surface area (Å²) in [4.78, 5) is 8.51. The van der Waals surface area contributed by atoms with E-state index in [2.05, 4.69) is 28.9 Å². The van der Waals surface area contributed by atoms with Gasteiger partial charge in [0, 0.05) is 29.8 Å². The van der Waals surface area contributed by atoms with Crippen LogP contribution in [0.25, 0.3) is 0 Å². The summed E-state index contributed by atoms with van der Waals surface area (Å²) in [5.41, 5.74) is 7.60. The van der Waals surface area contributed by atoms with Gasteiger partial charge in [0.05, 0.1) is 5.69 Å². The van der Waals surface area contributed by atoms with Crippen molar-refractivity contribution in [3.05, 3.63) is 29.7 Å². The van der Waals surface area contributed by atoms with Crippen molar-refractivity contribution >= 4 is 17.6 Å². The minimum Gasteiger partial charge on any atom is -0.384 e. The van der Waals surface area contributed by atoms with E-state index in [9.17, 15) is 0 Å². The Morgan fingerprint density at radius 2 is 2.17 bits per heavy atom. The summed E-state index contributed by atoms with van der Waals surface area (Å²) in [7, 11) is 0. The van der Waals surface area contributed by atoms with Crippen LogP contribution >= 0.6 is 11.8 Å². The first-order valence-corrected chi connectivity index (χ1v) is 6.81. The second-order valence-electron chi connectivity index (χ2n) is 4.39. The van der Waals surface area contributed by atoms with Crippen LogP contribution in [-0.4, -0.2) is 19.7 Å². The molecule has 0 aromatic carbocycles. The summed E-state index contributed by atoms with van der Waals surface area (Å²) in [5.74, 6) is 1.26. The standard InChI is InChI=1S/C12H17N5S/c1-8(2)17-5-4-10(16-17)7-18-12-14-9(3)6-11(13)15-12/h4-6,8H,7H2,1-3H3,(H2,13,14,15). The van der Waals surface area contributed by atoms with Crippen molar-refractivity contribution in [2.75, 3.05) is 5.73 Å². The molecule has 0 radical (unpaired) electrons. The molecule has 5 nitrogen and oxygen atoms in total. The maximum Gasteiger partial charge on any atom is 0.190 e. The van der Waals surface area contributed by atoms with Crippen LogP contribution in [0.4, 0.5) is 5.82 Å². The summed E-state index contributed by atoms with van der Waals surface area (Å²) < 4.78 is 1.95. The monoisotopic (exact) mass is 263 g/mol. The van der Waals surface area contributed by atoms with Crippen molar-refractivity contribution in [1.29, 1.82) is 0 Å². The van der Waals surface area contributed by atoms with E-state index in [4.69, 9.17) is 5.73 Å². The third-order valence-electron chi connectivity index (χ3n) is 2.40. The molecule has 0 atom stereocenters. The molecule has 0 aliphatic carbocycles. The van der Waals surface area contributed by atoms with Crippen LogP contribution in [0.3, 0.4) is 0 Å². The number of hydrogen-bond acceptors (Lipinski definition) is 5. The van der Waals surface area contributed by atoms with E-state index in [0.29, 0.717) is 17.0 Å². The summed E-state index contributed by atoms with van der Waals surface area (Å²) in [6, 6.07) is 4.17. The average Bonchev–Trinajstić information content (AvgIpc) is 2.73. The predicted octanol–water partition coefficient (Wildman–Crippen LogP) is 2.44. The molecule has 0 saturated heterocycles. The van der Waals surface area contributed by atoms with Gasteiger partial charge in [-0.25, -0.2) is 9.97 Å². The predicted molar refractivity (Wildman–Crippen MR) is 73.4 cm³/mol. The van der Waals surface area contributed by atoms with E-state index in [0.717, 1.165) is 17.1 Å². The van der Waals surface area contributed by atoms with E-state index in [1.807, 2.05) is 23.9 Å². The van der Waals surface area contributed by atoms with Gasteiger partial charge in [-0.1, -0.05) is 11.8 Å². The lowest BCUT2D eigenvalue weighted by Crippen LogP contribution is -2.01. The molecule has 0 saturated carbocycles. The van der Waals surface area contributed by atoms with Crippen LogP contribution in [0.2, 0.25) is 0 Å². The third-order valence-corrected chi connectivity index (χ3v) is 3.28. The number of aromatic nitrogens is 4. The second kappa shape index (κ2) is 5.39. The Bertz CT molecular complexity index is 515. The maximum atomic E-state index is 5.69. The lowest BCUT2D eigenvalue weighted by molar-refractivity contribution is 0.528. The molecule has 6 heteroatoms. The highest BCUT2D eigenvalue weighted by Crippen LogP contribution is 2.20. The fourth-order valence-corrected chi connectivity index (χ4v) is 2.32. The van der Waals surface area contributed by atoms with Crippen LogP contribution in [0.1, 0.15) is 31.3 Å². The van der Waals surface area contributed by atoms with Crippen LogP contribution in [0.15, 0.2) is 23.5 Å². The first-order chi connectivity index (χ1) is 8.54. The van der Waals surface area contributed by atoms with Gasteiger partial charge in [0.15, 0.2) is 5.16 Å². The van der Waals surface area contributed by atoms with Crippen LogP contribution in [0, 0.1) is 6.92 Å². The highest BCUT2D eigenvalue weighted by atomic mass is 32.2. The highest BCUT2D eigenvalue weighted by Gasteiger charge is 2.05. The maximum absolute atomic E-state index is 5.69. The zero-order valence-electron chi connectivity index (χ0n) is 10.8. The highest BCUT2D eigenvalue weighted by molar-refractivity contribution is 7.98. The van der Waals surface area contributed by atoms with Gasteiger partial charge in [0.1, 0.15) is 5.82 Å². The number of nitrogens with two attached hydrogens (primary N) is 1. The van der Waals surface area contributed by atoms with E-state index in [1.165, 1.54) is 0 Å². The Hall–Kier alpha value is -1.56. The molecule has 0 unspecified atom stereocenters. The summed E-state index contributed by atoms with van der Waals surface area (Å²) in [5, 5.41) is 5.18. The molecule has 96 valence electrons. The van der Waals surface area contributed by atoms with Gasteiger partial charge in [0.2, 0.25) is 0 Å². The van der Waals surface area contributed by atoms with Gasteiger partial charge >= 0.3 is 0 Å². The van der Waals surface area contributed by atoms with Crippen LogP contribution in [0.5, 0.6) is 0 Å². The lowest BCUT2D eigenvalue weighted by Gasteiger charge is -2.04. The van der Waals surface area contributed by atoms with Crippen molar-refractivity contribution in [1.82, 2.24) is 19.7 Å². The second-order valence-corrected chi connectivity index (χ2v) is 5.33. The molecule has 0 aliphatic heterocycles. The summed E-state index contributed by atoms with van der Waals surface area (Å²) in [6.07, 6.45) is 1.99. The number of thioether (sulfide) groups is 1. The van der Waals surface area contributed by atoms with Gasteiger partial charge in [-0.05, 0) is 26.8 Å². The molecule has 0 spiro atoms. The summed E-state index contributed by atoms with van der Waals surface area (Å²) in [6.45, 7) is 6.12. The van der Waals surface area contributed by atoms with E-state index >= 15 is 0 Å². The zero-order valence-corrected chi connectivity index (χ0v) is 11.6. The molecular formula is C12H17N5S. The number of anilines is 1. The average molecular weight is 263 g/mol. The molecule has 2 N–H and O–H groups in total. The number of rotatable bonds is 4. The molecule has 2 heterocycles. The van der Waals surface area contributed by atoms with Gasteiger partial charge in [0.25, 0.3) is 0 Å². The molecule has 18 heavy (non-hydrogen) atoms. The lowest BCUT2D eigenvalue weighted by atomic mass is 10.4. The fourth-order valence-electron chi connectivity index (χ4n) is 1.51. The van der Waals surface area contributed by atoms with E-state index in [-0.39, 0.29) is 0 Å². The molecule has 0 amide bonds. The number of hydrogen-bond donors (Lipinski definition) is 1. The molecule has 0 aliphatic rings. The third kappa shape index (κ3) is 3.22. The van der Waals surface area contributed by atoms with E-state index < -0.39 is 0 Å². The van der Waals surface area contributed by atoms with E-state index in [1.54, 1.807) is 17.8 Å². The van der Waals surface area contributed by atoms with Crippen molar-refractivity contribution in [2.45, 2.75) is 37.7 Å². The smallest absolute Gasteiger partial charge is 0.190 e. The number of nitrogen functional groups attached to an aromatic ring is 1. The Labute approximate surface area is 111 Å². The number of aryl methyl sites for hydroxylation is 1. The Balaban J connectivity index is 2.02. The van der Waals surface area contributed by atoms with Crippen LogP contribution < -0.4 is 5.73 Å². The quantitative estimate of drug-likeness (QED) is 0.677. The SMILES string of the molecule is Cc1cc(N)nc(SCc2ccn(C(C)C)n2)n1. The molecule has 0 bridgehead atoms. The van der Waals surface area contributed by atoms with Crippen molar-refractivity contribution in [3.8, 4) is 0 Å². The molecule has 2 rings (SSSR count). The zero-order chi connectivity index (χ0) is 13.1. The normalized spacial score (nSPS) is 11.1. The summed E-state index contributed by atoms with van der Waals surface area (Å²) >= 11 is 1.55. The molecule has 2 aromatic heterocycles. The molecule has 2 aromatic rings. The Morgan fingerprint density at radius 1 is 1.39 bits per heavy atom. The van der Waals surface area contributed by atoms with Crippen LogP contribution in [-0.2, 0) is 5.75 Å². The fraction of sp³-hybridized carbons (Fsp3) is 0.417. The largest absolute Gasteiger partial charge is 0.384 e. The number of nitrogens with zero attached hydrogens (tertiary/aromatic N) is 4. The topological polar surface area (TPSA) is 69.6 Å². The van der Waals surface area contributed by atoms with Gasteiger partial charge < -0.3 is 5.73 Å². The first kappa shape index (κ1) is 12.9. The van der Waals surface area contributed by atoms with Gasteiger partial charge in [-0.3, -0.25) is 4.68 Å². The Morgan fingerprint density at radius 3 is 2.78 bits per heavy atom. The van der Waals surface area contributed by atoms with Gasteiger partial charge in [-0.2, -0.15) is 5.10 Å². The van der Waals surface area contributed by atoms with Gasteiger partial charge in [-0.15, -0.1) is 0 Å². The minimum absolute atomic E-state index is 0.384. The first-order valence-electron chi connectivity index (χ1n) is 5.82. The minimum atomic E-state index is 0.384. The Kier molecular flexibility index (Phi) is 3.86. The van der Waals surface area contributed by atoms with Crippen molar-refractivity contribution in [2.24, 2.45) is 0 Å². The van der Waals surface area contributed by atoms with Crippen molar-refractivity contribution < 1.29 is 0 Å².